The molecule has 0 atom stereocenters. The van der Waals surface area contributed by atoms with Gasteiger partial charge in [-0.3, -0.25) is 9.48 Å². The van der Waals surface area contributed by atoms with Crippen LogP contribution in [0.4, 0.5) is 14.6 Å². The standard InChI is InChI=1S/C19H14ClF2N3O/c20-17-12-25(11-14-3-8-16(22)9-4-14)24-19(17)23-18(26)10-5-13-1-6-15(21)7-2-13/h1-10,12H,11H2,(H,23,24,26)/b10-5+. The van der Waals surface area contributed by atoms with Crippen molar-refractivity contribution in [1.82, 2.24) is 9.78 Å². The molecule has 0 aliphatic carbocycles. The van der Waals surface area contributed by atoms with Crippen LogP contribution in [-0.4, -0.2) is 15.7 Å². The zero-order valence-electron chi connectivity index (χ0n) is 13.5. The van der Waals surface area contributed by atoms with Gasteiger partial charge in [-0.2, -0.15) is 5.10 Å². The number of anilines is 1. The molecule has 1 heterocycles. The van der Waals surface area contributed by atoms with E-state index >= 15 is 0 Å². The highest BCUT2D eigenvalue weighted by Gasteiger charge is 2.09. The second kappa shape index (κ2) is 7.93. The SMILES string of the molecule is O=C(/C=C/c1ccc(F)cc1)Nc1nn(Cc2ccc(F)cc2)cc1Cl. The van der Waals surface area contributed by atoms with Gasteiger partial charge >= 0.3 is 0 Å². The highest BCUT2D eigenvalue weighted by Crippen LogP contribution is 2.20. The van der Waals surface area contributed by atoms with Crippen LogP contribution in [0.15, 0.2) is 60.8 Å². The number of nitrogens with zero attached hydrogens (tertiary/aromatic N) is 2. The monoisotopic (exact) mass is 373 g/mol. The van der Waals surface area contributed by atoms with Gasteiger partial charge in [-0.15, -0.1) is 0 Å². The largest absolute Gasteiger partial charge is 0.304 e. The summed E-state index contributed by atoms with van der Waals surface area (Å²) in [5, 5.41) is 7.08. The Morgan fingerprint density at radius 1 is 1.08 bits per heavy atom. The van der Waals surface area contributed by atoms with Gasteiger partial charge < -0.3 is 5.32 Å². The van der Waals surface area contributed by atoms with Crippen molar-refractivity contribution in [2.24, 2.45) is 0 Å². The van der Waals surface area contributed by atoms with E-state index in [1.165, 1.54) is 30.3 Å². The van der Waals surface area contributed by atoms with Crippen molar-refractivity contribution in [3.05, 3.63) is 88.6 Å². The van der Waals surface area contributed by atoms with E-state index in [2.05, 4.69) is 10.4 Å². The number of rotatable bonds is 5. The van der Waals surface area contributed by atoms with E-state index in [1.807, 2.05) is 0 Å². The number of aromatic nitrogens is 2. The normalized spacial score (nSPS) is 11.0. The fourth-order valence-electron chi connectivity index (χ4n) is 2.24. The maximum absolute atomic E-state index is 12.9. The van der Waals surface area contributed by atoms with E-state index in [1.54, 1.807) is 41.2 Å². The van der Waals surface area contributed by atoms with Crippen molar-refractivity contribution in [3.63, 3.8) is 0 Å². The molecule has 0 bridgehead atoms. The minimum Gasteiger partial charge on any atom is -0.304 e. The van der Waals surface area contributed by atoms with Gasteiger partial charge in [0.1, 0.15) is 16.7 Å². The van der Waals surface area contributed by atoms with Crippen molar-refractivity contribution in [2.45, 2.75) is 6.54 Å². The van der Waals surface area contributed by atoms with E-state index in [0.717, 1.165) is 5.56 Å². The van der Waals surface area contributed by atoms with Crippen LogP contribution >= 0.6 is 11.6 Å². The van der Waals surface area contributed by atoms with Crippen LogP contribution < -0.4 is 5.32 Å². The molecule has 0 saturated heterocycles. The molecule has 7 heteroatoms. The molecule has 26 heavy (non-hydrogen) atoms. The number of hydrogen-bond donors (Lipinski definition) is 1. The third-order valence-electron chi connectivity index (χ3n) is 3.51. The van der Waals surface area contributed by atoms with E-state index < -0.39 is 5.91 Å². The second-order valence-electron chi connectivity index (χ2n) is 5.52. The molecule has 3 rings (SSSR count). The van der Waals surface area contributed by atoms with Crippen LogP contribution in [0, 0.1) is 11.6 Å². The molecule has 2 aromatic carbocycles. The summed E-state index contributed by atoms with van der Waals surface area (Å²) in [6.07, 6.45) is 4.44. The summed E-state index contributed by atoms with van der Waals surface area (Å²) in [5.74, 6) is -0.844. The van der Waals surface area contributed by atoms with Crippen LogP contribution in [0.3, 0.4) is 0 Å². The lowest BCUT2D eigenvalue weighted by atomic mass is 10.2. The molecule has 4 nitrogen and oxygen atoms in total. The van der Waals surface area contributed by atoms with E-state index in [9.17, 15) is 13.6 Å². The van der Waals surface area contributed by atoms with Gasteiger partial charge in [-0.25, -0.2) is 8.78 Å². The molecular weight excluding hydrogens is 360 g/mol. The molecule has 0 aliphatic heterocycles. The van der Waals surface area contributed by atoms with Crippen molar-refractivity contribution in [3.8, 4) is 0 Å². The predicted octanol–water partition coefficient (Wildman–Crippen LogP) is 4.51. The summed E-state index contributed by atoms with van der Waals surface area (Å²) in [5.41, 5.74) is 1.54. The summed E-state index contributed by atoms with van der Waals surface area (Å²) in [7, 11) is 0. The van der Waals surface area contributed by atoms with Gasteiger partial charge in [-0.1, -0.05) is 35.9 Å². The summed E-state index contributed by atoms with van der Waals surface area (Å²) in [6.45, 7) is 0.390. The minimum absolute atomic E-state index is 0.225. The maximum atomic E-state index is 12.9. The number of nitrogens with one attached hydrogen (secondary N) is 1. The minimum atomic E-state index is -0.414. The molecule has 3 aromatic rings. The van der Waals surface area contributed by atoms with Gasteiger partial charge in [0.2, 0.25) is 5.91 Å². The zero-order valence-corrected chi connectivity index (χ0v) is 14.3. The summed E-state index contributed by atoms with van der Waals surface area (Å²) < 4.78 is 27.3. The first-order chi connectivity index (χ1) is 12.5. The number of carbonyl (C=O) groups excluding carboxylic acids is 1. The van der Waals surface area contributed by atoms with Gasteiger partial charge in [0.25, 0.3) is 0 Å². The average Bonchev–Trinajstić information content (AvgIpc) is 2.95. The molecule has 0 fully saturated rings. The Labute approximate surface area is 153 Å². The van der Waals surface area contributed by atoms with Crippen molar-refractivity contribution < 1.29 is 13.6 Å². The lowest BCUT2D eigenvalue weighted by molar-refractivity contribution is -0.111. The molecule has 1 N–H and O–H groups in total. The number of benzene rings is 2. The molecule has 0 saturated carbocycles. The Balaban J connectivity index is 1.64. The van der Waals surface area contributed by atoms with Gasteiger partial charge in [0.15, 0.2) is 5.82 Å². The summed E-state index contributed by atoms with van der Waals surface area (Å²) >= 11 is 6.09. The van der Waals surface area contributed by atoms with Crippen LogP contribution in [0.2, 0.25) is 5.02 Å². The lowest BCUT2D eigenvalue weighted by Gasteiger charge is -2.02. The summed E-state index contributed by atoms with van der Waals surface area (Å²) in [6, 6.07) is 11.8. The van der Waals surface area contributed by atoms with Crippen LogP contribution in [0.5, 0.6) is 0 Å². The van der Waals surface area contributed by atoms with Crippen LogP contribution in [0.25, 0.3) is 6.08 Å². The molecular formula is C19H14ClF2N3O. The fourth-order valence-corrected chi connectivity index (χ4v) is 2.44. The van der Waals surface area contributed by atoms with Crippen LogP contribution in [0.1, 0.15) is 11.1 Å². The number of hydrogen-bond acceptors (Lipinski definition) is 2. The number of carbonyl (C=O) groups is 1. The number of halogens is 3. The maximum Gasteiger partial charge on any atom is 0.249 e. The van der Waals surface area contributed by atoms with E-state index in [0.29, 0.717) is 12.1 Å². The van der Waals surface area contributed by atoms with Crippen LogP contribution in [-0.2, 0) is 11.3 Å². The average molecular weight is 374 g/mol. The molecule has 0 radical (unpaired) electrons. The van der Waals surface area contributed by atoms with Crippen molar-refractivity contribution in [1.29, 1.82) is 0 Å². The predicted molar refractivity (Wildman–Crippen MR) is 96.8 cm³/mol. The topological polar surface area (TPSA) is 46.9 Å². The lowest BCUT2D eigenvalue weighted by Crippen LogP contribution is -2.09. The molecule has 1 aromatic heterocycles. The summed E-state index contributed by atoms with van der Waals surface area (Å²) in [4.78, 5) is 12.0. The van der Waals surface area contributed by atoms with Gasteiger partial charge in [0, 0.05) is 12.3 Å². The second-order valence-corrected chi connectivity index (χ2v) is 5.93. The molecule has 0 aliphatic rings. The van der Waals surface area contributed by atoms with Gasteiger partial charge in [-0.05, 0) is 41.5 Å². The Morgan fingerprint density at radius 2 is 1.69 bits per heavy atom. The molecule has 1 amide bonds. The molecule has 0 unspecified atom stereocenters. The number of amides is 1. The highest BCUT2D eigenvalue weighted by atomic mass is 35.5. The van der Waals surface area contributed by atoms with E-state index in [-0.39, 0.29) is 22.5 Å². The first kappa shape index (κ1) is 17.8. The Morgan fingerprint density at radius 3 is 2.35 bits per heavy atom. The zero-order chi connectivity index (χ0) is 18.5. The first-order valence-corrected chi connectivity index (χ1v) is 8.09. The van der Waals surface area contributed by atoms with E-state index in [4.69, 9.17) is 11.6 Å². The Bertz CT molecular complexity index is 934. The van der Waals surface area contributed by atoms with Gasteiger partial charge in [0.05, 0.1) is 6.54 Å². The smallest absolute Gasteiger partial charge is 0.249 e. The quantitative estimate of drug-likeness (QED) is 0.669. The third kappa shape index (κ3) is 4.77. The molecule has 0 spiro atoms. The third-order valence-corrected chi connectivity index (χ3v) is 3.79. The fraction of sp³-hybridized carbons (Fsp3) is 0.0526. The Kier molecular flexibility index (Phi) is 5.43. The Hall–Kier alpha value is -2.99. The highest BCUT2D eigenvalue weighted by molar-refractivity contribution is 6.33. The van der Waals surface area contributed by atoms with Crippen molar-refractivity contribution >= 4 is 29.4 Å². The molecule has 132 valence electrons. The van der Waals surface area contributed by atoms with Crippen molar-refractivity contribution in [2.75, 3.05) is 5.32 Å². The first-order valence-electron chi connectivity index (χ1n) is 7.71.